The molecule has 2 amide bonds. The minimum Gasteiger partial charge on any atom is -0.481 e. The Morgan fingerprint density at radius 2 is 1.79 bits per heavy atom. The van der Waals surface area contributed by atoms with E-state index in [9.17, 15) is 9.59 Å². The molecule has 2 heterocycles. The van der Waals surface area contributed by atoms with Gasteiger partial charge in [0.1, 0.15) is 22.8 Å². The molecule has 1 aliphatic carbocycles. The van der Waals surface area contributed by atoms with Crippen molar-refractivity contribution in [1.29, 1.82) is 0 Å². The standard InChI is InChI=1S/C25H26N4O5/c1-26-24(31)21-14-19(10-11-27-21)34-18-7-5-15-4-6-17(12-16(15)13-18)28-23(30)20-8-9-22(32-2)29-25(20)33-3/h5,7-11,13-14,17H,4,6,12H2,1-3H3,(H,26,31)(H,28,30). The number of aromatic nitrogens is 2. The van der Waals surface area contributed by atoms with Crippen LogP contribution in [0.25, 0.3) is 0 Å². The number of hydrogen-bond acceptors (Lipinski definition) is 7. The molecular weight excluding hydrogens is 436 g/mol. The maximum absolute atomic E-state index is 12.9. The first-order valence-corrected chi connectivity index (χ1v) is 10.9. The lowest BCUT2D eigenvalue weighted by atomic mass is 9.88. The Morgan fingerprint density at radius 1 is 0.971 bits per heavy atom. The molecule has 0 saturated heterocycles. The predicted octanol–water partition coefficient (Wildman–Crippen LogP) is 2.93. The second-order valence-corrected chi connectivity index (χ2v) is 7.81. The second-order valence-electron chi connectivity index (χ2n) is 7.81. The number of nitrogens with one attached hydrogen (secondary N) is 2. The fourth-order valence-corrected chi connectivity index (χ4v) is 3.91. The third-order valence-corrected chi connectivity index (χ3v) is 5.65. The fourth-order valence-electron chi connectivity index (χ4n) is 3.91. The summed E-state index contributed by atoms with van der Waals surface area (Å²) < 4.78 is 16.3. The number of fused-ring (bicyclic) bond motifs is 1. The molecule has 1 atom stereocenters. The van der Waals surface area contributed by atoms with Gasteiger partial charge in [-0.3, -0.25) is 14.6 Å². The van der Waals surface area contributed by atoms with Gasteiger partial charge in [-0.1, -0.05) is 6.07 Å². The highest BCUT2D eigenvalue weighted by Crippen LogP contribution is 2.29. The first-order valence-electron chi connectivity index (χ1n) is 10.9. The molecule has 1 aromatic carbocycles. The zero-order valence-corrected chi connectivity index (χ0v) is 19.3. The minimum atomic E-state index is -0.279. The van der Waals surface area contributed by atoms with Crippen molar-refractivity contribution >= 4 is 11.8 Å². The van der Waals surface area contributed by atoms with Crippen LogP contribution in [0.4, 0.5) is 0 Å². The molecule has 0 saturated carbocycles. The lowest BCUT2D eigenvalue weighted by molar-refractivity contribution is 0.0927. The Morgan fingerprint density at radius 3 is 2.56 bits per heavy atom. The number of benzene rings is 1. The molecule has 34 heavy (non-hydrogen) atoms. The van der Waals surface area contributed by atoms with E-state index in [1.165, 1.54) is 26.0 Å². The molecule has 4 rings (SSSR count). The van der Waals surface area contributed by atoms with Crippen LogP contribution in [-0.4, -0.2) is 49.1 Å². The highest BCUT2D eigenvalue weighted by atomic mass is 16.5. The number of hydrogen-bond donors (Lipinski definition) is 2. The van der Waals surface area contributed by atoms with Gasteiger partial charge in [0.15, 0.2) is 0 Å². The molecule has 1 unspecified atom stereocenters. The van der Waals surface area contributed by atoms with E-state index in [4.69, 9.17) is 14.2 Å². The maximum atomic E-state index is 12.9. The number of carbonyl (C=O) groups excluding carboxylic acids is 2. The number of ether oxygens (including phenoxy) is 3. The number of nitrogens with zero attached hydrogens (tertiary/aromatic N) is 2. The topological polar surface area (TPSA) is 112 Å². The van der Waals surface area contributed by atoms with Crippen LogP contribution in [0.3, 0.4) is 0 Å². The van der Waals surface area contributed by atoms with Gasteiger partial charge in [-0.15, -0.1) is 0 Å². The third-order valence-electron chi connectivity index (χ3n) is 5.65. The van der Waals surface area contributed by atoms with Gasteiger partial charge in [-0.25, -0.2) is 0 Å². The first-order chi connectivity index (χ1) is 16.5. The summed E-state index contributed by atoms with van der Waals surface area (Å²) in [4.78, 5) is 33.0. The zero-order valence-electron chi connectivity index (χ0n) is 19.3. The van der Waals surface area contributed by atoms with Crippen LogP contribution >= 0.6 is 0 Å². The number of carbonyl (C=O) groups is 2. The summed E-state index contributed by atoms with van der Waals surface area (Å²) in [6, 6.07) is 12.5. The molecule has 0 aliphatic heterocycles. The lowest BCUT2D eigenvalue weighted by Crippen LogP contribution is -2.39. The van der Waals surface area contributed by atoms with Crippen molar-refractivity contribution in [2.75, 3.05) is 21.3 Å². The molecule has 1 aliphatic rings. The molecule has 2 aromatic heterocycles. The van der Waals surface area contributed by atoms with E-state index in [0.717, 1.165) is 18.4 Å². The molecule has 3 aromatic rings. The summed E-state index contributed by atoms with van der Waals surface area (Å²) in [6.07, 6.45) is 3.87. The van der Waals surface area contributed by atoms with Crippen LogP contribution in [-0.2, 0) is 12.8 Å². The van der Waals surface area contributed by atoms with Crippen LogP contribution in [0.5, 0.6) is 23.3 Å². The van der Waals surface area contributed by atoms with E-state index in [1.54, 1.807) is 31.3 Å². The Labute approximate surface area is 197 Å². The van der Waals surface area contributed by atoms with Gasteiger partial charge in [0.2, 0.25) is 11.8 Å². The number of amides is 2. The summed E-state index contributed by atoms with van der Waals surface area (Å²) in [7, 11) is 4.53. The van der Waals surface area contributed by atoms with Gasteiger partial charge < -0.3 is 24.8 Å². The van der Waals surface area contributed by atoms with Crippen molar-refractivity contribution < 1.29 is 23.8 Å². The number of aryl methyl sites for hydroxylation is 1. The quantitative estimate of drug-likeness (QED) is 0.555. The van der Waals surface area contributed by atoms with Crippen molar-refractivity contribution in [3.63, 3.8) is 0 Å². The first kappa shape index (κ1) is 23.0. The van der Waals surface area contributed by atoms with Gasteiger partial charge in [-0.2, -0.15) is 4.98 Å². The van der Waals surface area contributed by atoms with Crippen LogP contribution in [0, 0.1) is 0 Å². The highest BCUT2D eigenvalue weighted by Gasteiger charge is 2.23. The third kappa shape index (κ3) is 5.09. The summed E-state index contributed by atoms with van der Waals surface area (Å²) in [5.74, 6) is 1.25. The SMILES string of the molecule is CNC(=O)c1cc(Oc2ccc3c(c2)CC(NC(=O)c2ccc(OC)nc2OC)CC3)ccn1. The van der Waals surface area contributed by atoms with Crippen LogP contribution in [0.15, 0.2) is 48.7 Å². The van der Waals surface area contributed by atoms with E-state index < -0.39 is 0 Å². The highest BCUT2D eigenvalue weighted by molar-refractivity contribution is 5.96. The van der Waals surface area contributed by atoms with Crippen LogP contribution in [0.2, 0.25) is 0 Å². The summed E-state index contributed by atoms with van der Waals surface area (Å²) in [5.41, 5.74) is 2.97. The summed E-state index contributed by atoms with van der Waals surface area (Å²) in [5, 5.41) is 5.64. The predicted molar refractivity (Wildman–Crippen MR) is 125 cm³/mol. The summed E-state index contributed by atoms with van der Waals surface area (Å²) >= 11 is 0. The van der Waals surface area contributed by atoms with Gasteiger partial charge in [0.25, 0.3) is 11.8 Å². The average molecular weight is 463 g/mol. The fraction of sp³-hybridized carbons (Fsp3) is 0.280. The molecule has 9 nitrogen and oxygen atoms in total. The largest absolute Gasteiger partial charge is 0.481 e. The van der Waals surface area contributed by atoms with Gasteiger partial charge in [-0.05, 0) is 54.7 Å². The van der Waals surface area contributed by atoms with Gasteiger partial charge >= 0.3 is 0 Å². The van der Waals surface area contributed by atoms with Crippen molar-refractivity contribution in [2.24, 2.45) is 0 Å². The molecular formula is C25H26N4O5. The Hall–Kier alpha value is -4.14. The Bertz CT molecular complexity index is 1210. The van der Waals surface area contributed by atoms with Crippen molar-refractivity contribution in [2.45, 2.75) is 25.3 Å². The van der Waals surface area contributed by atoms with Crippen LogP contribution < -0.4 is 24.8 Å². The van der Waals surface area contributed by atoms with Crippen molar-refractivity contribution in [3.05, 3.63) is 71.0 Å². The van der Waals surface area contributed by atoms with E-state index in [0.29, 0.717) is 29.4 Å². The zero-order chi connectivity index (χ0) is 24.1. The molecule has 0 radical (unpaired) electrons. The van der Waals surface area contributed by atoms with Crippen molar-refractivity contribution in [3.8, 4) is 23.3 Å². The lowest BCUT2D eigenvalue weighted by Gasteiger charge is -2.26. The molecule has 0 fully saturated rings. The normalized spacial score (nSPS) is 14.5. The van der Waals surface area contributed by atoms with E-state index in [2.05, 4.69) is 20.6 Å². The maximum Gasteiger partial charge on any atom is 0.269 e. The van der Waals surface area contributed by atoms with Gasteiger partial charge in [0.05, 0.1) is 14.2 Å². The number of methoxy groups -OCH3 is 2. The Balaban J connectivity index is 1.46. The number of rotatable bonds is 7. The van der Waals surface area contributed by atoms with E-state index in [1.807, 2.05) is 18.2 Å². The second kappa shape index (κ2) is 10.2. The summed E-state index contributed by atoms with van der Waals surface area (Å²) in [6.45, 7) is 0. The number of pyridine rings is 2. The molecule has 2 N–H and O–H groups in total. The minimum absolute atomic E-state index is 0.0390. The van der Waals surface area contributed by atoms with Crippen molar-refractivity contribution in [1.82, 2.24) is 20.6 Å². The molecule has 0 spiro atoms. The Kier molecular flexibility index (Phi) is 6.91. The van der Waals surface area contributed by atoms with Crippen LogP contribution in [0.1, 0.15) is 38.4 Å². The molecule has 0 bridgehead atoms. The monoisotopic (exact) mass is 462 g/mol. The van der Waals surface area contributed by atoms with E-state index >= 15 is 0 Å². The van der Waals surface area contributed by atoms with Gasteiger partial charge in [0, 0.05) is 31.4 Å². The molecule has 9 heteroatoms. The van der Waals surface area contributed by atoms with E-state index in [-0.39, 0.29) is 29.4 Å². The molecule has 176 valence electrons. The smallest absolute Gasteiger partial charge is 0.269 e. The average Bonchev–Trinajstić information content (AvgIpc) is 2.87.